The van der Waals surface area contributed by atoms with E-state index in [-0.39, 0.29) is 0 Å². The maximum Gasteiger partial charge on any atom is 0.185 e. The molecular weight excluding hydrogens is 258 g/mol. The van der Waals surface area contributed by atoms with Crippen molar-refractivity contribution < 1.29 is 4.74 Å². The quantitative estimate of drug-likeness (QED) is 0.871. The van der Waals surface area contributed by atoms with Crippen molar-refractivity contribution in [1.82, 2.24) is 10.3 Å². The fourth-order valence-electron chi connectivity index (χ4n) is 2.48. The molecule has 2 atom stereocenters. The number of aryl methyl sites for hydroxylation is 1. The van der Waals surface area contributed by atoms with Crippen LogP contribution in [0, 0.1) is 6.92 Å². The number of aromatic nitrogens is 1. The highest BCUT2D eigenvalue weighted by atomic mass is 32.1. The maximum atomic E-state index is 5.42. The lowest BCUT2D eigenvalue weighted by Gasteiger charge is -2.14. The molecule has 2 rings (SSSR count). The van der Waals surface area contributed by atoms with Crippen LogP contribution in [-0.4, -0.2) is 37.8 Å². The number of nitrogens with one attached hydrogen (secondary N) is 1. The topological polar surface area (TPSA) is 37.4 Å². The van der Waals surface area contributed by atoms with Crippen molar-refractivity contribution in [2.75, 3.05) is 31.6 Å². The van der Waals surface area contributed by atoms with Crippen LogP contribution >= 0.6 is 11.3 Å². The lowest BCUT2D eigenvalue weighted by Crippen LogP contribution is -2.21. The van der Waals surface area contributed by atoms with Gasteiger partial charge in [-0.25, -0.2) is 4.98 Å². The number of rotatable bonds is 6. The number of nitrogens with zero attached hydrogens (tertiary/aromatic N) is 2. The summed E-state index contributed by atoms with van der Waals surface area (Å²) in [5, 5.41) is 4.69. The summed E-state index contributed by atoms with van der Waals surface area (Å²) in [6.07, 6.45) is 2.63. The third-order valence-corrected chi connectivity index (χ3v) is 5.06. The highest BCUT2D eigenvalue weighted by Crippen LogP contribution is 2.32. The first-order valence-electron chi connectivity index (χ1n) is 7.14. The number of anilines is 1. The van der Waals surface area contributed by atoms with Crippen LogP contribution in [0.1, 0.15) is 43.3 Å². The van der Waals surface area contributed by atoms with Crippen molar-refractivity contribution in [3.8, 4) is 0 Å². The number of ether oxygens (including phenoxy) is 1. The molecule has 1 N–H and O–H groups in total. The Hall–Kier alpha value is -0.650. The average Bonchev–Trinajstić information content (AvgIpc) is 3.02. The fraction of sp³-hybridized carbons (Fsp3) is 0.786. The van der Waals surface area contributed by atoms with E-state index in [9.17, 15) is 0 Å². The van der Waals surface area contributed by atoms with Gasteiger partial charge in [-0.15, -0.1) is 11.3 Å². The zero-order chi connectivity index (χ0) is 13.8. The molecule has 0 amide bonds. The third kappa shape index (κ3) is 3.46. The second-order valence-corrected chi connectivity index (χ2v) is 6.22. The first-order valence-corrected chi connectivity index (χ1v) is 7.95. The summed E-state index contributed by atoms with van der Waals surface area (Å²) in [4.78, 5) is 8.45. The van der Waals surface area contributed by atoms with Gasteiger partial charge in [-0.2, -0.15) is 0 Å². The molecule has 19 heavy (non-hydrogen) atoms. The van der Waals surface area contributed by atoms with E-state index < -0.39 is 0 Å². The van der Waals surface area contributed by atoms with Crippen LogP contribution in [0.15, 0.2) is 0 Å². The Kier molecular flexibility index (Phi) is 5.19. The van der Waals surface area contributed by atoms with Crippen molar-refractivity contribution in [1.29, 1.82) is 0 Å². The first kappa shape index (κ1) is 14.8. The Morgan fingerprint density at radius 3 is 3.00 bits per heavy atom. The molecule has 1 aliphatic heterocycles. The summed E-state index contributed by atoms with van der Waals surface area (Å²) in [7, 11) is 1.80. The monoisotopic (exact) mass is 283 g/mol. The molecule has 0 radical (unpaired) electrons. The summed E-state index contributed by atoms with van der Waals surface area (Å²) in [5.41, 5.74) is 1.16. The van der Waals surface area contributed by atoms with Gasteiger partial charge in [0.25, 0.3) is 0 Å². The van der Waals surface area contributed by atoms with Gasteiger partial charge < -0.3 is 15.0 Å². The Morgan fingerprint density at radius 2 is 2.37 bits per heavy atom. The second kappa shape index (κ2) is 6.68. The standard InChI is InChI=1S/C14H25N3OS/c1-5-7-15-10(2)13-11(3)16-14(19-13)17-8-6-12(9-17)18-4/h10,12,15H,5-9H2,1-4H3. The molecule has 4 nitrogen and oxygen atoms in total. The Balaban J connectivity index is 2.04. The van der Waals surface area contributed by atoms with E-state index in [4.69, 9.17) is 9.72 Å². The molecule has 1 saturated heterocycles. The smallest absolute Gasteiger partial charge is 0.185 e. The van der Waals surface area contributed by atoms with Crippen LogP contribution in [0.4, 0.5) is 5.13 Å². The van der Waals surface area contributed by atoms with Crippen LogP contribution in [0.2, 0.25) is 0 Å². The van der Waals surface area contributed by atoms with Crippen LogP contribution in [0.25, 0.3) is 0 Å². The minimum Gasteiger partial charge on any atom is -0.380 e. The number of hydrogen-bond acceptors (Lipinski definition) is 5. The van der Waals surface area contributed by atoms with Crippen molar-refractivity contribution in [3.63, 3.8) is 0 Å². The molecule has 1 aliphatic rings. The zero-order valence-corrected chi connectivity index (χ0v) is 13.2. The van der Waals surface area contributed by atoms with Crippen molar-refractivity contribution in [3.05, 3.63) is 10.6 Å². The molecule has 0 aliphatic carbocycles. The molecule has 2 unspecified atom stereocenters. The fourth-order valence-corrected chi connectivity index (χ4v) is 3.61. The van der Waals surface area contributed by atoms with Crippen LogP contribution in [0.5, 0.6) is 0 Å². The van der Waals surface area contributed by atoms with E-state index in [1.54, 1.807) is 7.11 Å². The normalized spacial score (nSPS) is 21.1. The summed E-state index contributed by atoms with van der Waals surface area (Å²) < 4.78 is 5.42. The van der Waals surface area contributed by atoms with Gasteiger partial charge in [-0.3, -0.25) is 0 Å². The number of thiazole rings is 1. The zero-order valence-electron chi connectivity index (χ0n) is 12.4. The van der Waals surface area contributed by atoms with E-state index in [1.807, 2.05) is 11.3 Å². The Bertz CT molecular complexity index is 407. The molecule has 5 heteroatoms. The SMILES string of the molecule is CCCNC(C)c1sc(N2CCC(OC)C2)nc1C. The van der Waals surface area contributed by atoms with Gasteiger partial charge in [0, 0.05) is 31.1 Å². The van der Waals surface area contributed by atoms with E-state index in [1.165, 1.54) is 4.88 Å². The minimum atomic E-state index is 0.364. The Morgan fingerprint density at radius 1 is 1.58 bits per heavy atom. The van der Waals surface area contributed by atoms with Gasteiger partial charge in [-0.05, 0) is 33.2 Å². The van der Waals surface area contributed by atoms with E-state index >= 15 is 0 Å². The lowest BCUT2D eigenvalue weighted by atomic mass is 10.2. The van der Waals surface area contributed by atoms with Crippen molar-refractivity contribution in [2.45, 2.75) is 45.8 Å². The van der Waals surface area contributed by atoms with Gasteiger partial charge in [0.2, 0.25) is 0 Å². The maximum absolute atomic E-state index is 5.42. The highest BCUT2D eigenvalue weighted by Gasteiger charge is 2.25. The van der Waals surface area contributed by atoms with Gasteiger partial charge >= 0.3 is 0 Å². The Labute approximate surface area is 120 Å². The van der Waals surface area contributed by atoms with E-state index in [2.05, 4.69) is 31.0 Å². The average molecular weight is 283 g/mol. The van der Waals surface area contributed by atoms with Crippen LogP contribution < -0.4 is 10.2 Å². The molecule has 1 fully saturated rings. The first-order chi connectivity index (χ1) is 9.15. The highest BCUT2D eigenvalue weighted by molar-refractivity contribution is 7.15. The predicted molar refractivity (Wildman–Crippen MR) is 81.2 cm³/mol. The summed E-state index contributed by atoms with van der Waals surface area (Å²) in [5.74, 6) is 0. The largest absolute Gasteiger partial charge is 0.380 e. The molecule has 1 aromatic heterocycles. The summed E-state index contributed by atoms with van der Waals surface area (Å²) in [6, 6.07) is 0.395. The van der Waals surface area contributed by atoms with Gasteiger partial charge in [0.1, 0.15) is 0 Å². The van der Waals surface area contributed by atoms with Crippen molar-refractivity contribution >= 4 is 16.5 Å². The minimum absolute atomic E-state index is 0.364. The number of hydrogen-bond donors (Lipinski definition) is 1. The van der Waals surface area contributed by atoms with E-state index in [0.717, 1.165) is 43.3 Å². The molecule has 1 aromatic rings. The van der Waals surface area contributed by atoms with Gasteiger partial charge in [0.15, 0.2) is 5.13 Å². The molecule has 0 aromatic carbocycles. The van der Waals surface area contributed by atoms with Crippen LogP contribution in [-0.2, 0) is 4.74 Å². The van der Waals surface area contributed by atoms with Crippen molar-refractivity contribution in [2.24, 2.45) is 0 Å². The number of methoxy groups -OCH3 is 1. The molecule has 2 heterocycles. The molecule has 108 valence electrons. The summed E-state index contributed by atoms with van der Waals surface area (Å²) >= 11 is 1.82. The second-order valence-electron chi connectivity index (χ2n) is 5.21. The predicted octanol–water partition coefficient (Wildman–Crippen LogP) is 2.74. The molecule has 0 bridgehead atoms. The third-order valence-electron chi connectivity index (χ3n) is 3.66. The van der Waals surface area contributed by atoms with E-state index in [0.29, 0.717) is 12.1 Å². The lowest BCUT2D eigenvalue weighted by molar-refractivity contribution is 0.121. The van der Waals surface area contributed by atoms with Gasteiger partial charge in [0.05, 0.1) is 11.8 Å². The van der Waals surface area contributed by atoms with Crippen LogP contribution in [0.3, 0.4) is 0 Å². The van der Waals surface area contributed by atoms with Gasteiger partial charge in [-0.1, -0.05) is 6.92 Å². The molecule has 0 saturated carbocycles. The molecular formula is C14H25N3OS. The molecule has 0 spiro atoms. The summed E-state index contributed by atoms with van der Waals surface area (Å²) in [6.45, 7) is 9.62.